The maximum Gasteiger partial charge on any atom is 0.323 e. The van der Waals surface area contributed by atoms with Crippen LogP contribution in [0.25, 0.3) is 5.57 Å². The lowest BCUT2D eigenvalue weighted by molar-refractivity contribution is -0.167. The summed E-state index contributed by atoms with van der Waals surface area (Å²) >= 11 is 0. The Labute approximate surface area is 131 Å². The zero-order chi connectivity index (χ0) is 16.6. The zero-order valence-corrected chi connectivity index (χ0v) is 13.5. The molecule has 0 heterocycles. The van der Waals surface area contributed by atoms with Gasteiger partial charge >= 0.3 is 11.9 Å². The molecule has 0 amide bonds. The van der Waals surface area contributed by atoms with Gasteiger partial charge in [-0.1, -0.05) is 48.6 Å². The molecule has 0 radical (unpaired) electrons. The maximum atomic E-state index is 11.8. The summed E-state index contributed by atoms with van der Waals surface area (Å²) < 4.78 is 9.39. The first kappa shape index (κ1) is 17.7. The summed E-state index contributed by atoms with van der Waals surface area (Å²) in [5.41, 5.74) is 0.889. The van der Waals surface area contributed by atoms with Crippen molar-refractivity contribution in [3.8, 4) is 0 Å². The lowest BCUT2D eigenvalue weighted by atomic mass is 9.86. The van der Waals surface area contributed by atoms with Crippen LogP contribution in [-0.4, -0.2) is 26.2 Å². The van der Waals surface area contributed by atoms with E-state index in [1.807, 2.05) is 49.4 Å². The second-order valence-corrected chi connectivity index (χ2v) is 5.16. The number of allylic oxidation sites excluding steroid dienone is 4. The average Bonchev–Trinajstić information content (AvgIpc) is 2.57. The van der Waals surface area contributed by atoms with Crippen molar-refractivity contribution in [1.82, 2.24) is 0 Å². The maximum absolute atomic E-state index is 11.8. The average molecular weight is 302 g/mol. The molecule has 0 bridgehead atoms. The fourth-order valence-electron chi connectivity index (χ4n) is 2.01. The van der Waals surface area contributed by atoms with Crippen LogP contribution in [0.1, 0.15) is 25.8 Å². The highest BCUT2D eigenvalue weighted by molar-refractivity contribution is 5.99. The highest BCUT2D eigenvalue weighted by Crippen LogP contribution is 2.26. The molecule has 0 saturated heterocycles. The van der Waals surface area contributed by atoms with E-state index in [-0.39, 0.29) is 6.42 Å². The number of rotatable bonds is 6. The van der Waals surface area contributed by atoms with E-state index in [9.17, 15) is 9.59 Å². The summed E-state index contributed by atoms with van der Waals surface area (Å²) in [6, 6.07) is 9.95. The minimum absolute atomic E-state index is 0.213. The summed E-state index contributed by atoms with van der Waals surface area (Å²) in [7, 11) is 2.51. The first-order valence-corrected chi connectivity index (χ1v) is 7.01. The minimum Gasteiger partial charge on any atom is -0.468 e. The first-order chi connectivity index (χ1) is 10.5. The lowest BCUT2D eigenvalue weighted by Crippen LogP contribution is -2.38. The molecule has 0 fully saturated rings. The van der Waals surface area contributed by atoms with E-state index in [2.05, 4.69) is 0 Å². The van der Waals surface area contributed by atoms with Crippen molar-refractivity contribution in [2.45, 2.75) is 20.3 Å². The Kier molecular flexibility index (Phi) is 6.57. The standard InChI is InChI=1S/C18H22O4/c1-14(15-11-6-5-7-12-15)10-8-9-13-18(2,16(19)21-3)17(20)22-4/h5-12H,13H2,1-4H3/b9-8+,14-10+. The molecule has 0 aliphatic carbocycles. The second-order valence-electron chi connectivity index (χ2n) is 5.16. The van der Waals surface area contributed by atoms with Gasteiger partial charge in [0, 0.05) is 0 Å². The molecular formula is C18H22O4. The third kappa shape index (κ3) is 4.32. The minimum atomic E-state index is -1.32. The number of methoxy groups -OCH3 is 2. The van der Waals surface area contributed by atoms with Gasteiger partial charge in [-0.15, -0.1) is 0 Å². The SMILES string of the molecule is COC(=O)C(C)(C/C=C/C=C(\C)c1ccccc1)C(=O)OC. The van der Waals surface area contributed by atoms with Crippen molar-refractivity contribution < 1.29 is 19.1 Å². The van der Waals surface area contributed by atoms with Crippen LogP contribution >= 0.6 is 0 Å². The fraction of sp³-hybridized carbons (Fsp3) is 0.333. The van der Waals surface area contributed by atoms with E-state index in [0.29, 0.717) is 0 Å². The Balaban J connectivity index is 2.81. The molecule has 0 aromatic heterocycles. The van der Waals surface area contributed by atoms with Crippen molar-refractivity contribution >= 4 is 17.5 Å². The molecule has 1 rings (SSSR count). The second kappa shape index (κ2) is 8.17. The molecule has 0 aliphatic heterocycles. The zero-order valence-electron chi connectivity index (χ0n) is 13.5. The molecular weight excluding hydrogens is 280 g/mol. The summed E-state index contributed by atoms with van der Waals surface area (Å²) in [5, 5.41) is 0. The van der Waals surface area contributed by atoms with Crippen LogP contribution in [0.15, 0.2) is 48.6 Å². The van der Waals surface area contributed by atoms with Gasteiger partial charge in [-0.05, 0) is 31.4 Å². The molecule has 118 valence electrons. The van der Waals surface area contributed by atoms with E-state index in [0.717, 1.165) is 11.1 Å². The molecule has 22 heavy (non-hydrogen) atoms. The van der Waals surface area contributed by atoms with E-state index >= 15 is 0 Å². The smallest absolute Gasteiger partial charge is 0.323 e. The number of carbonyl (C=O) groups excluding carboxylic acids is 2. The van der Waals surface area contributed by atoms with Crippen molar-refractivity contribution in [1.29, 1.82) is 0 Å². The first-order valence-electron chi connectivity index (χ1n) is 7.01. The van der Waals surface area contributed by atoms with E-state index in [1.54, 1.807) is 6.08 Å². The van der Waals surface area contributed by atoms with Gasteiger partial charge in [-0.2, -0.15) is 0 Å². The van der Waals surface area contributed by atoms with Crippen LogP contribution in [0.5, 0.6) is 0 Å². The molecule has 0 unspecified atom stereocenters. The lowest BCUT2D eigenvalue weighted by Gasteiger charge is -2.21. The summed E-state index contributed by atoms with van der Waals surface area (Å²) in [6.07, 6.45) is 5.74. The number of ether oxygens (including phenoxy) is 2. The summed E-state index contributed by atoms with van der Waals surface area (Å²) in [6.45, 7) is 3.52. The van der Waals surface area contributed by atoms with Crippen LogP contribution in [0.4, 0.5) is 0 Å². The van der Waals surface area contributed by atoms with Crippen LogP contribution < -0.4 is 0 Å². The molecule has 0 aliphatic rings. The fourth-order valence-corrected chi connectivity index (χ4v) is 2.01. The van der Waals surface area contributed by atoms with Crippen molar-refractivity contribution in [3.63, 3.8) is 0 Å². The van der Waals surface area contributed by atoms with Gasteiger partial charge in [0.15, 0.2) is 5.41 Å². The Morgan fingerprint density at radius 3 is 2.14 bits per heavy atom. The Bertz CT molecular complexity index is 554. The van der Waals surface area contributed by atoms with Crippen molar-refractivity contribution in [2.75, 3.05) is 14.2 Å². The van der Waals surface area contributed by atoms with Crippen molar-refractivity contribution in [2.24, 2.45) is 5.41 Å². The van der Waals surface area contributed by atoms with Crippen LogP contribution in [0.3, 0.4) is 0 Å². The third-order valence-electron chi connectivity index (χ3n) is 3.51. The molecule has 0 spiro atoms. The molecule has 4 nitrogen and oxygen atoms in total. The predicted octanol–water partition coefficient (Wildman–Crippen LogP) is 3.39. The van der Waals surface area contributed by atoms with Gasteiger partial charge in [-0.25, -0.2) is 0 Å². The Morgan fingerprint density at radius 1 is 1.09 bits per heavy atom. The van der Waals surface area contributed by atoms with Gasteiger partial charge in [0.05, 0.1) is 14.2 Å². The van der Waals surface area contributed by atoms with Gasteiger partial charge < -0.3 is 9.47 Å². The van der Waals surface area contributed by atoms with Gasteiger partial charge in [-0.3, -0.25) is 9.59 Å². The van der Waals surface area contributed by atoms with Gasteiger partial charge in [0.1, 0.15) is 0 Å². The van der Waals surface area contributed by atoms with Gasteiger partial charge in [0.2, 0.25) is 0 Å². The predicted molar refractivity (Wildman–Crippen MR) is 86.0 cm³/mol. The molecule has 0 N–H and O–H groups in total. The normalized spacial score (nSPS) is 12.3. The third-order valence-corrected chi connectivity index (χ3v) is 3.51. The largest absolute Gasteiger partial charge is 0.468 e. The van der Waals surface area contributed by atoms with E-state index < -0.39 is 17.4 Å². The van der Waals surface area contributed by atoms with Crippen LogP contribution in [-0.2, 0) is 19.1 Å². The monoisotopic (exact) mass is 302 g/mol. The Hall–Kier alpha value is -2.36. The van der Waals surface area contributed by atoms with Gasteiger partial charge in [0.25, 0.3) is 0 Å². The van der Waals surface area contributed by atoms with E-state index in [1.165, 1.54) is 21.1 Å². The Morgan fingerprint density at radius 2 is 1.64 bits per heavy atom. The quantitative estimate of drug-likeness (QED) is 0.459. The molecule has 1 aromatic carbocycles. The number of hydrogen-bond donors (Lipinski definition) is 0. The number of hydrogen-bond acceptors (Lipinski definition) is 4. The molecule has 0 atom stereocenters. The van der Waals surface area contributed by atoms with Crippen molar-refractivity contribution in [3.05, 3.63) is 54.1 Å². The number of carbonyl (C=O) groups is 2. The van der Waals surface area contributed by atoms with E-state index in [4.69, 9.17) is 9.47 Å². The highest BCUT2D eigenvalue weighted by atomic mass is 16.5. The molecule has 4 heteroatoms. The van der Waals surface area contributed by atoms with Crippen LogP contribution in [0, 0.1) is 5.41 Å². The van der Waals surface area contributed by atoms with Crippen LogP contribution in [0.2, 0.25) is 0 Å². The highest BCUT2D eigenvalue weighted by Gasteiger charge is 2.42. The summed E-state index contributed by atoms with van der Waals surface area (Å²) in [4.78, 5) is 23.6. The molecule has 1 aromatic rings. The molecule has 0 saturated carbocycles. The number of benzene rings is 1. The summed E-state index contributed by atoms with van der Waals surface area (Å²) in [5.74, 6) is -1.21. The topological polar surface area (TPSA) is 52.6 Å². The number of esters is 2.